The summed E-state index contributed by atoms with van der Waals surface area (Å²) < 4.78 is 0. The van der Waals surface area contributed by atoms with Crippen molar-refractivity contribution in [2.24, 2.45) is 5.73 Å². The average Bonchev–Trinajstić information content (AvgIpc) is 2.62. The molecule has 1 aromatic rings. The van der Waals surface area contributed by atoms with E-state index in [0.29, 0.717) is 4.99 Å². The van der Waals surface area contributed by atoms with Gasteiger partial charge in [0.05, 0.1) is 5.56 Å². The Morgan fingerprint density at radius 1 is 1.39 bits per heavy atom. The predicted octanol–water partition coefficient (Wildman–Crippen LogP) is 3.08. The number of nitrogens with zero attached hydrogens (tertiary/aromatic N) is 1. The summed E-state index contributed by atoms with van der Waals surface area (Å²) in [5.41, 5.74) is 9.84. The maximum absolute atomic E-state index is 5.83. The lowest BCUT2D eigenvalue weighted by Gasteiger charge is -2.28. The van der Waals surface area contributed by atoms with Gasteiger partial charge in [-0.2, -0.15) is 0 Å². The van der Waals surface area contributed by atoms with Crippen LogP contribution in [0.1, 0.15) is 49.6 Å². The highest BCUT2D eigenvalue weighted by atomic mass is 32.1. The summed E-state index contributed by atoms with van der Waals surface area (Å²) in [6.45, 7) is 6.23. The zero-order valence-corrected chi connectivity index (χ0v) is 12.2. The Labute approximate surface area is 114 Å². The van der Waals surface area contributed by atoms with Crippen LogP contribution in [0.4, 0.5) is 5.69 Å². The molecule has 1 saturated carbocycles. The van der Waals surface area contributed by atoms with Gasteiger partial charge in [0.2, 0.25) is 0 Å². The lowest BCUT2D eigenvalue weighted by molar-refractivity contribution is 0.533. The molecule has 1 aliphatic rings. The van der Waals surface area contributed by atoms with Crippen molar-refractivity contribution in [3.8, 4) is 0 Å². The van der Waals surface area contributed by atoms with Gasteiger partial charge in [0.15, 0.2) is 0 Å². The molecule has 0 spiro atoms. The molecule has 0 radical (unpaired) electrons. The van der Waals surface area contributed by atoms with Crippen LogP contribution in [0.3, 0.4) is 0 Å². The van der Waals surface area contributed by atoms with Gasteiger partial charge in [0.1, 0.15) is 4.99 Å². The molecule has 0 bridgehead atoms. The van der Waals surface area contributed by atoms with Gasteiger partial charge in [0.25, 0.3) is 0 Å². The van der Waals surface area contributed by atoms with Gasteiger partial charge in [-0.1, -0.05) is 25.1 Å². The van der Waals surface area contributed by atoms with Gasteiger partial charge in [-0.05, 0) is 39.7 Å². The molecule has 98 valence electrons. The number of anilines is 1. The van der Waals surface area contributed by atoms with Crippen LogP contribution in [0.2, 0.25) is 0 Å². The van der Waals surface area contributed by atoms with Crippen molar-refractivity contribution >= 4 is 22.9 Å². The number of hydrogen-bond donors (Lipinski definition) is 2. The summed E-state index contributed by atoms with van der Waals surface area (Å²) in [4.78, 5) is 4.87. The minimum atomic E-state index is 0.166. The molecule has 1 aromatic heterocycles. The van der Waals surface area contributed by atoms with Crippen molar-refractivity contribution < 1.29 is 0 Å². The molecule has 0 aliphatic heterocycles. The second kappa shape index (κ2) is 4.84. The molecule has 4 heteroatoms. The highest BCUT2D eigenvalue weighted by Crippen LogP contribution is 2.34. The van der Waals surface area contributed by atoms with Crippen molar-refractivity contribution in [1.82, 2.24) is 4.98 Å². The normalized spacial score (nSPS) is 17.7. The van der Waals surface area contributed by atoms with Crippen LogP contribution in [-0.4, -0.2) is 15.5 Å². The van der Waals surface area contributed by atoms with E-state index in [2.05, 4.69) is 17.2 Å². The molecular formula is C14H21N3S. The van der Waals surface area contributed by atoms with Crippen molar-refractivity contribution in [3.63, 3.8) is 0 Å². The maximum atomic E-state index is 5.83. The molecule has 18 heavy (non-hydrogen) atoms. The number of nitrogens with two attached hydrogens (primary N) is 1. The average molecular weight is 263 g/mol. The number of aryl methyl sites for hydroxylation is 2. The summed E-state index contributed by atoms with van der Waals surface area (Å²) >= 11 is 5.16. The topological polar surface area (TPSA) is 50.9 Å². The summed E-state index contributed by atoms with van der Waals surface area (Å²) in [5, 5.41) is 3.64. The van der Waals surface area contributed by atoms with Gasteiger partial charge in [-0.3, -0.25) is 4.98 Å². The van der Waals surface area contributed by atoms with Crippen LogP contribution < -0.4 is 11.1 Å². The van der Waals surface area contributed by atoms with Crippen LogP contribution in [0.5, 0.6) is 0 Å². The molecule has 3 N–H and O–H groups in total. The van der Waals surface area contributed by atoms with E-state index in [1.807, 2.05) is 19.9 Å². The zero-order chi connectivity index (χ0) is 13.3. The van der Waals surface area contributed by atoms with Gasteiger partial charge < -0.3 is 11.1 Å². The van der Waals surface area contributed by atoms with Gasteiger partial charge in [-0.15, -0.1) is 0 Å². The Morgan fingerprint density at radius 3 is 2.56 bits per heavy atom. The summed E-state index contributed by atoms with van der Waals surface area (Å²) in [5.74, 6) is 0. The summed E-state index contributed by atoms with van der Waals surface area (Å²) in [6.07, 6.45) is 4.97. The third-order valence-electron chi connectivity index (χ3n) is 3.72. The van der Waals surface area contributed by atoms with Gasteiger partial charge in [0, 0.05) is 22.6 Å². The number of aromatic nitrogens is 1. The first kappa shape index (κ1) is 13.3. The van der Waals surface area contributed by atoms with Crippen LogP contribution in [0.15, 0.2) is 6.07 Å². The molecule has 0 saturated heterocycles. The first-order valence-electron chi connectivity index (χ1n) is 6.47. The second-order valence-corrected chi connectivity index (χ2v) is 5.97. The molecule has 0 atom stereocenters. The SMILES string of the molecule is Cc1cc(NC2(C)CCCC2)c(C(N)=S)c(C)n1. The van der Waals surface area contributed by atoms with E-state index in [1.165, 1.54) is 25.7 Å². The molecule has 0 amide bonds. The highest BCUT2D eigenvalue weighted by molar-refractivity contribution is 7.80. The second-order valence-electron chi connectivity index (χ2n) is 5.53. The van der Waals surface area contributed by atoms with Crippen LogP contribution in [0.25, 0.3) is 0 Å². The molecule has 1 heterocycles. The smallest absolute Gasteiger partial charge is 0.107 e. The summed E-state index contributed by atoms with van der Waals surface area (Å²) in [7, 11) is 0. The standard InChI is InChI=1S/C14H21N3S/c1-9-8-11(12(13(15)18)10(2)16-9)17-14(3)6-4-5-7-14/h8H,4-7H2,1-3H3,(H2,15,18)(H,16,17). The van der Waals surface area contributed by atoms with E-state index in [4.69, 9.17) is 18.0 Å². The lowest BCUT2D eigenvalue weighted by Crippen LogP contribution is -2.32. The number of thiocarbonyl (C=S) groups is 1. The first-order chi connectivity index (χ1) is 8.41. The number of pyridine rings is 1. The van der Waals surface area contributed by atoms with E-state index in [0.717, 1.165) is 22.6 Å². The minimum Gasteiger partial charge on any atom is -0.389 e. The van der Waals surface area contributed by atoms with E-state index in [1.54, 1.807) is 0 Å². The van der Waals surface area contributed by atoms with E-state index < -0.39 is 0 Å². The molecule has 3 nitrogen and oxygen atoms in total. The van der Waals surface area contributed by atoms with E-state index >= 15 is 0 Å². The lowest BCUT2D eigenvalue weighted by atomic mass is 9.99. The van der Waals surface area contributed by atoms with E-state index in [-0.39, 0.29) is 5.54 Å². The fourth-order valence-corrected chi connectivity index (χ4v) is 3.10. The fraction of sp³-hybridized carbons (Fsp3) is 0.571. The monoisotopic (exact) mass is 263 g/mol. The zero-order valence-electron chi connectivity index (χ0n) is 11.3. The van der Waals surface area contributed by atoms with Gasteiger partial charge in [-0.25, -0.2) is 0 Å². The Bertz CT molecular complexity index is 476. The summed E-state index contributed by atoms with van der Waals surface area (Å²) in [6, 6.07) is 2.05. The molecule has 0 aromatic carbocycles. The third kappa shape index (κ3) is 2.64. The van der Waals surface area contributed by atoms with Gasteiger partial charge >= 0.3 is 0 Å². The van der Waals surface area contributed by atoms with Crippen molar-refractivity contribution in [2.75, 3.05) is 5.32 Å². The largest absolute Gasteiger partial charge is 0.389 e. The van der Waals surface area contributed by atoms with E-state index in [9.17, 15) is 0 Å². The predicted molar refractivity (Wildman–Crippen MR) is 80.1 cm³/mol. The Balaban J connectivity index is 2.39. The first-order valence-corrected chi connectivity index (χ1v) is 6.88. The maximum Gasteiger partial charge on any atom is 0.107 e. The van der Waals surface area contributed by atoms with Crippen LogP contribution >= 0.6 is 12.2 Å². The molecule has 1 fully saturated rings. The van der Waals surface area contributed by atoms with Crippen molar-refractivity contribution in [1.29, 1.82) is 0 Å². The number of nitrogens with one attached hydrogen (secondary N) is 1. The number of hydrogen-bond acceptors (Lipinski definition) is 3. The highest BCUT2D eigenvalue weighted by Gasteiger charge is 2.29. The Hall–Kier alpha value is -1.16. The number of rotatable bonds is 3. The molecular weight excluding hydrogens is 242 g/mol. The molecule has 0 unspecified atom stereocenters. The van der Waals surface area contributed by atoms with Crippen LogP contribution in [0, 0.1) is 13.8 Å². The van der Waals surface area contributed by atoms with Crippen LogP contribution in [-0.2, 0) is 0 Å². The minimum absolute atomic E-state index is 0.166. The fourth-order valence-electron chi connectivity index (χ4n) is 2.84. The van der Waals surface area contributed by atoms with Crippen molar-refractivity contribution in [3.05, 3.63) is 23.0 Å². The quantitative estimate of drug-likeness (QED) is 0.823. The Kier molecular flexibility index (Phi) is 3.57. The molecule has 2 rings (SSSR count). The van der Waals surface area contributed by atoms with Crippen molar-refractivity contribution in [2.45, 2.75) is 52.0 Å². The Morgan fingerprint density at radius 2 is 2.00 bits per heavy atom. The molecule has 1 aliphatic carbocycles. The third-order valence-corrected chi connectivity index (χ3v) is 3.92.